The first-order valence-electron chi connectivity index (χ1n) is 13.0. The molecular weight excluding hydrogens is 541 g/mol. The Labute approximate surface area is 233 Å². The van der Waals surface area contributed by atoms with Crippen molar-refractivity contribution in [2.75, 3.05) is 44.3 Å². The summed E-state index contributed by atoms with van der Waals surface area (Å²) in [7, 11) is 0. The predicted octanol–water partition coefficient (Wildman–Crippen LogP) is 4.19. The maximum atomic E-state index is 14.7. The van der Waals surface area contributed by atoms with Crippen molar-refractivity contribution in [3.05, 3.63) is 47.5 Å². The molecule has 40 heavy (non-hydrogen) atoms. The average molecular weight is 568 g/mol. The Morgan fingerprint density at radius 3 is 2.83 bits per heavy atom. The normalized spacial score (nSPS) is 17.5. The second-order valence-electron chi connectivity index (χ2n) is 9.68. The van der Waals surface area contributed by atoms with Gasteiger partial charge in [0.05, 0.1) is 28.6 Å². The highest BCUT2D eigenvalue weighted by molar-refractivity contribution is 6.30. The highest BCUT2D eigenvalue weighted by atomic mass is 35.5. The number of halogens is 2. The van der Waals surface area contributed by atoms with Crippen LogP contribution in [0.2, 0.25) is 5.15 Å². The number of piperazine rings is 1. The van der Waals surface area contributed by atoms with E-state index in [1.165, 1.54) is 12.1 Å². The van der Waals surface area contributed by atoms with Gasteiger partial charge in [-0.2, -0.15) is 20.1 Å². The number of benzene rings is 1. The Hall–Kier alpha value is -4.03. The number of anilines is 1. The molecule has 1 unspecified atom stereocenters. The Balaban J connectivity index is 1.43. The molecule has 5 heterocycles. The van der Waals surface area contributed by atoms with Crippen LogP contribution in [0, 0.1) is 12.7 Å². The number of rotatable bonds is 7. The van der Waals surface area contributed by atoms with Crippen molar-refractivity contribution < 1.29 is 23.4 Å². The Morgan fingerprint density at radius 2 is 2.08 bits per heavy atom. The molecule has 0 bridgehead atoms. The van der Waals surface area contributed by atoms with Gasteiger partial charge in [0.15, 0.2) is 0 Å². The number of hydrogen-bond acceptors (Lipinski definition) is 9. The molecule has 1 N–H and O–H groups in total. The van der Waals surface area contributed by atoms with Crippen molar-refractivity contribution >= 4 is 45.1 Å². The zero-order chi connectivity index (χ0) is 27.8. The molecule has 0 radical (unpaired) electrons. The molecule has 2 aliphatic heterocycles. The molecule has 2 fully saturated rings. The Kier molecular flexibility index (Phi) is 7.11. The van der Waals surface area contributed by atoms with Crippen LogP contribution in [0.15, 0.2) is 31.0 Å². The van der Waals surface area contributed by atoms with Crippen molar-refractivity contribution in [3.63, 3.8) is 0 Å². The fraction of sp³-hybridized carbons (Fsp3) is 0.370. The lowest BCUT2D eigenvalue weighted by Gasteiger charge is -2.35. The summed E-state index contributed by atoms with van der Waals surface area (Å²) in [6, 6.07) is 3.15. The molecule has 0 spiro atoms. The maximum Gasteiger partial charge on any atom is 0.319 e. The molecule has 1 aromatic carbocycles. The van der Waals surface area contributed by atoms with Crippen LogP contribution in [0.3, 0.4) is 0 Å². The monoisotopic (exact) mass is 567 g/mol. The van der Waals surface area contributed by atoms with Crippen LogP contribution < -0.4 is 14.4 Å². The van der Waals surface area contributed by atoms with E-state index < -0.39 is 5.82 Å². The van der Waals surface area contributed by atoms with E-state index in [0.717, 1.165) is 12.8 Å². The quantitative estimate of drug-likeness (QED) is 0.259. The maximum absolute atomic E-state index is 14.7. The van der Waals surface area contributed by atoms with Crippen molar-refractivity contribution in [3.8, 4) is 17.6 Å². The minimum absolute atomic E-state index is 0.0420. The number of pyridine rings is 1. The van der Waals surface area contributed by atoms with E-state index in [0.29, 0.717) is 67.0 Å². The highest BCUT2D eigenvalue weighted by Crippen LogP contribution is 2.39. The molecule has 4 aromatic rings. The van der Waals surface area contributed by atoms with Crippen molar-refractivity contribution in [2.24, 2.45) is 0 Å². The van der Waals surface area contributed by atoms with Gasteiger partial charge < -0.3 is 24.0 Å². The summed E-state index contributed by atoms with van der Waals surface area (Å²) in [5, 5.41) is 8.11. The molecule has 0 aliphatic carbocycles. The third-order valence-electron chi connectivity index (χ3n) is 7.15. The lowest BCUT2D eigenvalue weighted by molar-refractivity contribution is -0.126. The molecule has 1 amide bonds. The first kappa shape index (κ1) is 26.2. The molecule has 3 aromatic heterocycles. The largest absolute Gasteiger partial charge is 0.461 e. The average Bonchev–Trinajstić information content (AvgIpc) is 3.66. The number of hydrogen-bond donors (Lipinski definition) is 1. The van der Waals surface area contributed by atoms with E-state index in [2.05, 4.69) is 26.7 Å². The molecule has 13 heteroatoms. The van der Waals surface area contributed by atoms with Crippen LogP contribution in [0.25, 0.3) is 21.8 Å². The number of aromatic nitrogens is 5. The van der Waals surface area contributed by atoms with Gasteiger partial charge in [-0.05, 0) is 31.9 Å². The molecule has 11 nitrogen and oxygen atoms in total. The minimum atomic E-state index is -0.457. The van der Waals surface area contributed by atoms with Gasteiger partial charge in [0.2, 0.25) is 11.8 Å². The predicted molar refractivity (Wildman–Crippen MR) is 147 cm³/mol. The molecule has 2 aliphatic rings. The number of carbonyl (C=O) groups excluding carboxylic acids is 1. The van der Waals surface area contributed by atoms with Gasteiger partial charge in [0, 0.05) is 44.4 Å². The first-order valence-corrected chi connectivity index (χ1v) is 13.4. The molecule has 0 saturated carbocycles. The van der Waals surface area contributed by atoms with Crippen LogP contribution in [0.1, 0.15) is 18.4 Å². The minimum Gasteiger partial charge on any atom is -0.461 e. The summed E-state index contributed by atoms with van der Waals surface area (Å²) in [5.41, 5.74) is 1.12. The van der Waals surface area contributed by atoms with Crippen LogP contribution in [0.4, 0.5) is 10.2 Å². The zero-order valence-electron chi connectivity index (χ0n) is 21.8. The highest BCUT2D eigenvalue weighted by Gasteiger charge is 2.26. The number of nitrogens with one attached hydrogen (secondary N) is 1. The number of carbonyl (C=O) groups is 1. The fourth-order valence-corrected chi connectivity index (χ4v) is 5.17. The van der Waals surface area contributed by atoms with Gasteiger partial charge in [0.25, 0.3) is 0 Å². The van der Waals surface area contributed by atoms with Gasteiger partial charge in [-0.1, -0.05) is 18.2 Å². The number of ether oxygens (including phenoxy) is 3. The van der Waals surface area contributed by atoms with Gasteiger partial charge in [0.1, 0.15) is 34.7 Å². The van der Waals surface area contributed by atoms with Crippen molar-refractivity contribution in [1.29, 1.82) is 0 Å². The molecule has 1 atom stereocenters. The number of H-pyrrole nitrogens is 1. The number of fused-ring (bicyclic) bond motifs is 2. The van der Waals surface area contributed by atoms with Crippen LogP contribution in [-0.4, -0.2) is 81.5 Å². The van der Waals surface area contributed by atoms with Gasteiger partial charge in [-0.25, -0.2) is 4.39 Å². The van der Waals surface area contributed by atoms with E-state index in [9.17, 15) is 9.18 Å². The van der Waals surface area contributed by atoms with Gasteiger partial charge >= 0.3 is 6.01 Å². The van der Waals surface area contributed by atoms with Crippen LogP contribution in [-0.2, 0) is 9.53 Å². The smallest absolute Gasteiger partial charge is 0.319 e. The van der Waals surface area contributed by atoms with Crippen LogP contribution >= 0.6 is 11.6 Å². The van der Waals surface area contributed by atoms with Crippen LogP contribution in [0.5, 0.6) is 17.6 Å². The molecular formula is C27H27ClFN7O4. The lowest BCUT2D eigenvalue weighted by Crippen LogP contribution is -2.48. The standard InChI is InChI=1S/C27H27ClFN7O4/c1-3-22(37)35-6-8-36(9-7-35)25-17-11-21(28)31-26(23(17)32-27(33-25)39-14-16-5-4-10-38-16)40-24-15(2)19(29)12-20-18(24)13-30-34-20/h3,11-13,16H,1,4-10,14H2,2H3,(H,30,34). The van der Waals surface area contributed by atoms with Crippen molar-refractivity contribution in [1.82, 2.24) is 30.0 Å². The summed E-state index contributed by atoms with van der Waals surface area (Å²) < 4.78 is 32.7. The van der Waals surface area contributed by atoms with Crippen molar-refractivity contribution in [2.45, 2.75) is 25.9 Å². The number of amides is 1. The summed E-state index contributed by atoms with van der Waals surface area (Å²) in [6.07, 6.45) is 4.70. The summed E-state index contributed by atoms with van der Waals surface area (Å²) in [6.45, 7) is 8.21. The number of nitrogens with zero attached hydrogens (tertiary/aromatic N) is 6. The molecule has 208 valence electrons. The lowest BCUT2D eigenvalue weighted by atomic mass is 10.1. The first-order chi connectivity index (χ1) is 19.4. The van der Waals surface area contributed by atoms with E-state index >= 15 is 0 Å². The topological polar surface area (TPSA) is 119 Å². The van der Waals surface area contributed by atoms with E-state index in [1.54, 1.807) is 24.1 Å². The third kappa shape index (κ3) is 5.00. The number of aromatic amines is 1. The Bertz CT molecular complexity index is 1600. The fourth-order valence-electron chi connectivity index (χ4n) is 4.98. The zero-order valence-corrected chi connectivity index (χ0v) is 22.6. The van der Waals surface area contributed by atoms with E-state index in [-0.39, 0.29) is 40.4 Å². The summed E-state index contributed by atoms with van der Waals surface area (Å²) in [5.74, 6) is 0.312. The molecule has 2 saturated heterocycles. The second kappa shape index (κ2) is 10.9. The summed E-state index contributed by atoms with van der Waals surface area (Å²) >= 11 is 6.47. The summed E-state index contributed by atoms with van der Waals surface area (Å²) in [4.78, 5) is 29.7. The van der Waals surface area contributed by atoms with Gasteiger partial charge in [-0.3, -0.25) is 9.89 Å². The molecule has 6 rings (SSSR count). The van der Waals surface area contributed by atoms with E-state index in [4.69, 9.17) is 30.8 Å². The second-order valence-corrected chi connectivity index (χ2v) is 10.1. The Morgan fingerprint density at radius 1 is 1.25 bits per heavy atom. The SMILES string of the molecule is C=CC(=O)N1CCN(c2nc(OCC3CCCO3)nc3c(Oc4c(C)c(F)cc5[nH]ncc45)nc(Cl)cc23)CC1. The van der Waals surface area contributed by atoms with E-state index in [1.807, 2.05) is 4.90 Å². The third-order valence-corrected chi connectivity index (χ3v) is 7.34. The van der Waals surface area contributed by atoms with Gasteiger partial charge in [-0.15, -0.1) is 0 Å².